The van der Waals surface area contributed by atoms with E-state index in [0.29, 0.717) is 37.6 Å². The minimum Gasteiger partial charge on any atom is -0.480 e. The second kappa shape index (κ2) is 8.29. The van der Waals surface area contributed by atoms with Gasteiger partial charge in [0.05, 0.1) is 0 Å². The maximum Gasteiger partial charge on any atom is 0.270 e. The predicted molar refractivity (Wildman–Crippen MR) is 104 cm³/mol. The summed E-state index contributed by atoms with van der Waals surface area (Å²) in [5, 5.41) is 0. The van der Waals surface area contributed by atoms with E-state index in [1.165, 1.54) is 0 Å². The molecule has 0 spiro atoms. The lowest BCUT2D eigenvalue weighted by Crippen LogP contribution is -2.54. The van der Waals surface area contributed by atoms with Gasteiger partial charge in [0.1, 0.15) is 11.4 Å². The summed E-state index contributed by atoms with van der Waals surface area (Å²) in [5.74, 6) is 0.723. The van der Waals surface area contributed by atoms with E-state index in [1.54, 1.807) is 22.1 Å². The quantitative estimate of drug-likeness (QED) is 0.881. The Morgan fingerprint density at radius 2 is 1.74 bits per heavy atom. The van der Waals surface area contributed by atoms with Crippen molar-refractivity contribution in [3.63, 3.8) is 0 Å². The zero-order valence-electron chi connectivity index (χ0n) is 16.1. The van der Waals surface area contributed by atoms with Crippen LogP contribution in [-0.4, -0.2) is 58.9 Å². The normalized spacial score (nSPS) is 15.7. The largest absolute Gasteiger partial charge is 0.480 e. The standard InChI is InChI=1S/C21H27N3O3/c1-15(2)19(27-17-7-4-6-16(3)14-17)21(26)24-12-10-23(11-13-24)20(25)18-8-5-9-22-18/h4-9,14-15,19,22H,10-13H2,1-3H3/t19-/m1/s1. The van der Waals surface area contributed by atoms with Gasteiger partial charge in [-0.2, -0.15) is 0 Å². The first kappa shape index (κ1) is 19.0. The van der Waals surface area contributed by atoms with Crippen LogP contribution in [0.4, 0.5) is 0 Å². The van der Waals surface area contributed by atoms with Gasteiger partial charge in [-0.3, -0.25) is 9.59 Å². The first-order valence-corrected chi connectivity index (χ1v) is 9.40. The van der Waals surface area contributed by atoms with E-state index < -0.39 is 6.10 Å². The summed E-state index contributed by atoms with van der Waals surface area (Å²) in [6.45, 7) is 8.07. The lowest BCUT2D eigenvalue weighted by Gasteiger charge is -2.37. The molecular weight excluding hydrogens is 342 g/mol. The monoisotopic (exact) mass is 369 g/mol. The Labute approximate surface area is 160 Å². The third kappa shape index (κ3) is 4.51. The van der Waals surface area contributed by atoms with Gasteiger partial charge in [-0.25, -0.2) is 0 Å². The molecule has 2 heterocycles. The summed E-state index contributed by atoms with van der Waals surface area (Å²) in [4.78, 5) is 32.0. The van der Waals surface area contributed by atoms with Crippen molar-refractivity contribution in [3.05, 3.63) is 53.9 Å². The Morgan fingerprint density at radius 3 is 2.33 bits per heavy atom. The highest BCUT2D eigenvalue weighted by molar-refractivity contribution is 5.92. The van der Waals surface area contributed by atoms with Gasteiger partial charge in [0.25, 0.3) is 11.8 Å². The number of ether oxygens (including phenoxy) is 1. The van der Waals surface area contributed by atoms with Crippen LogP contribution in [0.2, 0.25) is 0 Å². The molecule has 1 aromatic heterocycles. The summed E-state index contributed by atoms with van der Waals surface area (Å²) in [7, 11) is 0. The number of amides is 2. The van der Waals surface area contributed by atoms with E-state index in [0.717, 1.165) is 5.56 Å². The smallest absolute Gasteiger partial charge is 0.270 e. The van der Waals surface area contributed by atoms with Crippen molar-refractivity contribution < 1.29 is 14.3 Å². The maximum absolute atomic E-state index is 13.0. The lowest BCUT2D eigenvalue weighted by molar-refractivity contribution is -0.142. The van der Waals surface area contributed by atoms with Crippen LogP contribution in [0.5, 0.6) is 5.75 Å². The number of hydrogen-bond donors (Lipinski definition) is 1. The summed E-state index contributed by atoms with van der Waals surface area (Å²) in [5.41, 5.74) is 1.68. The number of nitrogens with one attached hydrogen (secondary N) is 1. The predicted octanol–water partition coefficient (Wildman–Crippen LogP) is 2.71. The number of piperazine rings is 1. The zero-order valence-corrected chi connectivity index (χ0v) is 16.1. The Bertz CT molecular complexity index is 778. The van der Waals surface area contributed by atoms with Crippen LogP contribution in [0.3, 0.4) is 0 Å². The number of H-pyrrole nitrogens is 1. The first-order chi connectivity index (χ1) is 13.0. The second-order valence-corrected chi connectivity index (χ2v) is 7.30. The molecule has 27 heavy (non-hydrogen) atoms. The van der Waals surface area contributed by atoms with Crippen LogP contribution >= 0.6 is 0 Å². The summed E-state index contributed by atoms with van der Waals surface area (Å²) in [6.07, 6.45) is 1.21. The SMILES string of the molecule is Cc1cccc(O[C@@H](C(=O)N2CCN(C(=O)c3ccc[nH]3)CC2)C(C)C)c1. The van der Waals surface area contributed by atoms with Crippen molar-refractivity contribution in [1.29, 1.82) is 0 Å². The molecule has 0 saturated carbocycles. The molecule has 1 fully saturated rings. The highest BCUT2D eigenvalue weighted by atomic mass is 16.5. The third-order valence-corrected chi connectivity index (χ3v) is 4.81. The Hall–Kier alpha value is -2.76. The van der Waals surface area contributed by atoms with Crippen LogP contribution in [0.1, 0.15) is 29.9 Å². The van der Waals surface area contributed by atoms with Gasteiger partial charge in [-0.05, 0) is 42.7 Å². The number of carbonyl (C=O) groups is 2. The minimum absolute atomic E-state index is 0.0153. The van der Waals surface area contributed by atoms with Crippen molar-refractivity contribution in [2.75, 3.05) is 26.2 Å². The van der Waals surface area contributed by atoms with Gasteiger partial charge in [-0.15, -0.1) is 0 Å². The van der Waals surface area contributed by atoms with Crippen molar-refractivity contribution in [2.45, 2.75) is 26.9 Å². The molecule has 0 radical (unpaired) electrons. The Balaban J connectivity index is 1.61. The van der Waals surface area contributed by atoms with Gasteiger partial charge in [-0.1, -0.05) is 26.0 Å². The zero-order chi connectivity index (χ0) is 19.4. The number of rotatable bonds is 5. The first-order valence-electron chi connectivity index (χ1n) is 9.40. The molecule has 6 nitrogen and oxygen atoms in total. The fourth-order valence-corrected chi connectivity index (χ4v) is 3.25. The van der Waals surface area contributed by atoms with E-state index in [-0.39, 0.29) is 17.7 Å². The Morgan fingerprint density at radius 1 is 1.04 bits per heavy atom. The van der Waals surface area contributed by atoms with Crippen LogP contribution in [0.15, 0.2) is 42.6 Å². The molecule has 1 aliphatic rings. The third-order valence-electron chi connectivity index (χ3n) is 4.81. The number of aromatic amines is 1. The molecule has 1 aliphatic heterocycles. The molecule has 1 atom stereocenters. The molecule has 6 heteroatoms. The van der Waals surface area contributed by atoms with E-state index in [2.05, 4.69) is 4.98 Å². The van der Waals surface area contributed by atoms with Gasteiger partial charge in [0.15, 0.2) is 6.10 Å². The number of aromatic nitrogens is 1. The van der Waals surface area contributed by atoms with Gasteiger partial charge >= 0.3 is 0 Å². The highest BCUT2D eigenvalue weighted by Crippen LogP contribution is 2.20. The molecule has 0 unspecified atom stereocenters. The number of carbonyl (C=O) groups excluding carboxylic acids is 2. The van der Waals surface area contributed by atoms with Crippen molar-refractivity contribution in [2.24, 2.45) is 5.92 Å². The van der Waals surface area contributed by atoms with Crippen molar-refractivity contribution in [1.82, 2.24) is 14.8 Å². The van der Waals surface area contributed by atoms with Crippen LogP contribution in [0.25, 0.3) is 0 Å². The number of aryl methyl sites for hydroxylation is 1. The molecule has 3 rings (SSSR count). The number of benzene rings is 1. The molecule has 0 bridgehead atoms. The van der Waals surface area contributed by atoms with Gasteiger partial charge in [0.2, 0.25) is 0 Å². The summed E-state index contributed by atoms with van der Waals surface area (Å²) >= 11 is 0. The molecule has 2 aromatic rings. The number of nitrogens with zero attached hydrogens (tertiary/aromatic N) is 2. The van der Waals surface area contributed by atoms with Crippen LogP contribution in [0, 0.1) is 12.8 Å². The highest BCUT2D eigenvalue weighted by Gasteiger charge is 2.32. The molecule has 1 N–H and O–H groups in total. The van der Waals surface area contributed by atoms with Crippen LogP contribution in [-0.2, 0) is 4.79 Å². The van der Waals surface area contributed by atoms with Gasteiger partial charge in [0, 0.05) is 32.4 Å². The number of hydrogen-bond acceptors (Lipinski definition) is 3. The topological polar surface area (TPSA) is 65.6 Å². The van der Waals surface area contributed by atoms with Crippen LogP contribution < -0.4 is 4.74 Å². The van der Waals surface area contributed by atoms with Crippen molar-refractivity contribution in [3.8, 4) is 5.75 Å². The fraction of sp³-hybridized carbons (Fsp3) is 0.429. The molecule has 144 valence electrons. The molecular formula is C21H27N3O3. The average molecular weight is 369 g/mol. The lowest BCUT2D eigenvalue weighted by atomic mass is 10.1. The molecule has 0 aliphatic carbocycles. The van der Waals surface area contributed by atoms with Gasteiger partial charge < -0.3 is 19.5 Å². The Kier molecular flexibility index (Phi) is 5.84. The average Bonchev–Trinajstić information content (AvgIpc) is 3.20. The fourth-order valence-electron chi connectivity index (χ4n) is 3.25. The van der Waals surface area contributed by atoms with Crippen molar-refractivity contribution >= 4 is 11.8 Å². The molecule has 1 aromatic carbocycles. The van der Waals surface area contributed by atoms with E-state index in [4.69, 9.17) is 4.74 Å². The minimum atomic E-state index is -0.530. The molecule has 2 amide bonds. The molecule has 1 saturated heterocycles. The second-order valence-electron chi connectivity index (χ2n) is 7.30. The maximum atomic E-state index is 13.0. The van der Waals surface area contributed by atoms with E-state index >= 15 is 0 Å². The van der Waals surface area contributed by atoms with E-state index in [1.807, 2.05) is 51.1 Å². The summed E-state index contributed by atoms with van der Waals surface area (Å²) < 4.78 is 6.03. The summed E-state index contributed by atoms with van der Waals surface area (Å²) in [6, 6.07) is 11.3. The van der Waals surface area contributed by atoms with E-state index in [9.17, 15) is 9.59 Å².